The maximum atomic E-state index is 13.5. The summed E-state index contributed by atoms with van der Waals surface area (Å²) in [6.07, 6.45) is -5.03. The van der Waals surface area contributed by atoms with Crippen LogP contribution in [0.1, 0.15) is 41.2 Å². The van der Waals surface area contributed by atoms with E-state index in [2.05, 4.69) is 20.9 Å². The highest BCUT2D eigenvalue weighted by Gasteiger charge is 2.53. The molecular weight excluding hydrogens is 446 g/mol. The molecule has 0 spiro atoms. The Labute approximate surface area is 165 Å². The third-order valence-electron chi connectivity index (χ3n) is 4.87. The fraction of sp³-hybridized carbons (Fsp3) is 0.333. The number of carbonyl (C=O) groups is 1. The Hall–Kier alpha value is -2.20. The molecule has 1 aliphatic carbocycles. The lowest BCUT2D eigenvalue weighted by atomic mass is 10.0. The van der Waals surface area contributed by atoms with Gasteiger partial charge in [0.2, 0.25) is 5.72 Å². The molecule has 1 aliphatic heterocycles. The summed E-state index contributed by atoms with van der Waals surface area (Å²) in [6.45, 7) is 0. The van der Waals surface area contributed by atoms with Gasteiger partial charge >= 0.3 is 0 Å². The van der Waals surface area contributed by atoms with E-state index in [1.165, 1.54) is 6.07 Å². The molecule has 0 radical (unpaired) electrons. The van der Waals surface area contributed by atoms with Gasteiger partial charge in [0.25, 0.3) is 18.4 Å². The molecular formula is C18H14BrF4N3O2. The number of nitrogens with zero attached hydrogens (tertiary/aromatic N) is 2. The Kier molecular flexibility index (Phi) is 4.58. The average molecular weight is 460 g/mol. The number of nitrogens with one attached hydrogen (secondary N) is 1. The largest absolute Gasteiger partial charge is 0.364 e. The predicted molar refractivity (Wildman–Crippen MR) is 95.5 cm³/mol. The van der Waals surface area contributed by atoms with Crippen LogP contribution in [0.2, 0.25) is 0 Å². The first-order valence-electron chi connectivity index (χ1n) is 8.47. The molecule has 148 valence electrons. The summed E-state index contributed by atoms with van der Waals surface area (Å²) >= 11 is 3.29. The second kappa shape index (κ2) is 6.70. The molecule has 0 bridgehead atoms. The smallest absolute Gasteiger partial charge is 0.291 e. The Bertz CT molecular complexity index is 1010. The molecule has 1 aromatic carbocycles. The van der Waals surface area contributed by atoms with E-state index >= 15 is 0 Å². The number of carbonyl (C=O) groups excluding carboxylic acids is 1. The van der Waals surface area contributed by atoms with Crippen molar-refractivity contribution in [3.8, 4) is 0 Å². The molecule has 1 saturated heterocycles. The maximum absolute atomic E-state index is 13.5. The first-order chi connectivity index (χ1) is 13.2. The van der Waals surface area contributed by atoms with E-state index in [1.807, 2.05) is 5.43 Å². The van der Waals surface area contributed by atoms with Crippen molar-refractivity contribution in [2.75, 3.05) is 0 Å². The molecule has 28 heavy (non-hydrogen) atoms. The van der Waals surface area contributed by atoms with E-state index in [9.17, 15) is 27.5 Å². The molecule has 1 atom stereocenters. The van der Waals surface area contributed by atoms with Crippen LogP contribution >= 0.6 is 15.9 Å². The zero-order valence-electron chi connectivity index (χ0n) is 14.2. The van der Waals surface area contributed by atoms with Gasteiger partial charge in [-0.25, -0.2) is 13.8 Å². The quantitative estimate of drug-likeness (QED) is 0.672. The summed E-state index contributed by atoms with van der Waals surface area (Å²) < 4.78 is 53.6. The normalized spacial score (nSPS) is 22.1. The Morgan fingerprint density at radius 3 is 2.64 bits per heavy atom. The van der Waals surface area contributed by atoms with E-state index in [0.717, 1.165) is 12.8 Å². The lowest BCUT2D eigenvalue weighted by Crippen LogP contribution is -2.55. The van der Waals surface area contributed by atoms with Crippen molar-refractivity contribution >= 4 is 32.7 Å². The van der Waals surface area contributed by atoms with Crippen LogP contribution in [0, 0.1) is 0 Å². The number of aliphatic hydroxyl groups is 1. The second-order valence-electron chi connectivity index (χ2n) is 6.88. The Morgan fingerprint density at radius 1 is 1.32 bits per heavy atom. The van der Waals surface area contributed by atoms with E-state index in [0.29, 0.717) is 21.1 Å². The minimum Gasteiger partial charge on any atom is -0.364 e. The van der Waals surface area contributed by atoms with Crippen molar-refractivity contribution < 1.29 is 27.5 Å². The predicted octanol–water partition coefficient (Wildman–Crippen LogP) is 4.29. The molecule has 2 heterocycles. The summed E-state index contributed by atoms with van der Waals surface area (Å²) in [4.78, 5) is 17.6. The van der Waals surface area contributed by atoms with Crippen molar-refractivity contribution in [3.05, 3.63) is 51.8 Å². The van der Waals surface area contributed by atoms with Crippen molar-refractivity contribution in [3.63, 3.8) is 0 Å². The van der Waals surface area contributed by atoms with E-state index in [1.54, 1.807) is 18.2 Å². The number of hydrogen-bond acceptors (Lipinski definition) is 4. The van der Waals surface area contributed by atoms with Gasteiger partial charge in [0.15, 0.2) is 0 Å². The fourth-order valence-electron chi connectivity index (χ4n) is 3.23. The van der Waals surface area contributed by atoms with Gasteiger partial charge in [0.1, 0.15) is 5.70 Å². The zero-order valence-corrected chi connectivity index (χ0v) is 15.8. The van der Waals surface area contributed by atoms with Gasteiger partial charge in [-0.1, -0.05) is 15.9 Å². The lowest BCUT2D eigenvalue weighted by Gasteiger charge is -2.31. The molecule has 2 aromatic rings. The van der Waals surface area contributed by atoms with Gasteiger partial charge in [-0.05, 0) is 37.1 Å². The molecule has 2 aliphatic rings. The maximum Gasteiger partial charge on any atom is 0.291 e. The van der Waals surface area contributed by atoms with E-state index in [4.69, 9.17) is 0 Å². The highest BCUT2D eigenvalue weighted by Crippen LogP contribution is 2.41. The monoisotopic (exact) mass is 459 g/mol. The number of benzene rings is 1. The minimum absolute atomic E-state index is 0.000270. The van der Waals surface area contributed by atoms with Crippen LogP contribution in [0.4, 0.5) is 17.6 Å². The fourth-order valence-corrected chi connectivity index (χ4v) is 3.59. The van der Waals surface area contributed by atoms with Gasteiger partial charge in [-0.2, -0.15) is 8.78 Å². The molecule has 1 aromatic heterocycles. The second-order valence-corrected chi connectivity index (χ2v) is 7.79. The van der Waals surface area contributed by atoms with Crippen LogP contribution in [0.15, 0.2) is 40.5 Å². The SMILES string of the molecule is O=C(c1cc(C2CC2)nc2ccc(Br)cc12)N1NC(=C(F)F)CC1(O)C(F)F. The number of hydrazine groups is 1. The van der Waals surface area contributed by atoms with Crippen LogP contribution in [0.25, 0.3) is 10.9 Å². The highest BCUT2D eigenvalue weighted by atomic mass is 79.9. The summed E-state index contributed by atoms with van der Waals surface area (Å²) in [5.41, 5.74) is -0.944. The van der Waals surface area contributed by atoms with E-state index < -0.39 is 36.3 Å². The molecule has 2 fully saturated rings. The Balaban J connectivity index is 1.86. The van der Waals surface area contributed by atoms with Crippen LogP contribution in [-0.2, 0) is 0 Å². The van der Waals surface area contributed by atoms with Crippen molar-refractivity contribution in [2.24, 2.45) is 0 Å². The molecule has 5 nitrogen and oxygen atoms in total. The molecule has 1 amide bonds. The standard InChI is InChI=1S/C18H14BrF4N3O2/c19-9-3-4-12-10(5-9)11(6-13(24-12)8-1-2-8)16(27)26-18(28,17(22)23)7-14(25-26)15(20)21/h3-6,8,17,25,28H,1-2,7H2. The van der Waals surface area contributed by atoms with Crippen LogP contribution in [0.5, 0.6) is 0 Å². The van der Waals surface area contributed by atoms with Gasteiger partial charge in [0.05, 0.1) is 17.5 Å². The molecule has 1 unspecified atom stereocenters. The first-order valence-corrected chi connectivity index (χ1v) is 9.26. The van der Waals surface area contributed by atoms with Gasteiger partial charge in [-0.3, -0.25) is 15.2 Å². The third-order valence-corrected chi connectivity index (χ3v) is 5.36. The number of hydrogen-bond donors (Lipinski definition) is 2. The minimum atomic E-state index is -3.46. The summed E-state index contributed by atoms with van der Waals surface area (Å²) in [5, 5.41) is 10.9. The van der Waals surface area contributed by atoms with Crippen molar-refractivity contribution in [1.82, 2.24) is 15.4 Å². The van der Waals surface area contributed by atoms with Gasteiger partial charge in [0, 0.05) is 21.5 Å². The topological polar surface area (TPSA) is 65.5 Å². The van der Waals surface area contributed by atoms with E-state index in [-0.39, 0.29) is 16.5 Å². The number of amides is 1. The lowest BCUT2D eigenvalue weighted by molar-refractivity contribution is -0.168. The average Bonchev–Trinajstić information content (AvgIpc) is 3.42. The van der Waals surface area contributed by atoms with Gasteiger partial charge < -0.3 is 5.11 Å². The summed E-state index contributed by atoms with van der Waals surface area (Å²) in [5.74, 6) is -0.870. The number of rotatable bonds is 3. The van der Waals surface area contributed by atoms with Crippen LogP contribution < -0.4 is 5.43 Å². The number of pyridine rings is 1. The van der Waals surface area contributed by atoms with Crippen molar-refractivity contribution in [2.45, 2.75) is 37.3 Å². The zero-order chi connectivity index (χ0) is 20.2. The van der Waals surface area contributed by atoms with Crippen molar-refractivity contribution in [1.29, 1.82) is 0 Å². The number of halogens is 5. The molecule has 10 heteroatoms. The number of alkyl halides is 2. The number of aromatic nitrogens is 1. The number of fused-ring (bicyclic) bond motifs is 1. The third kappa shape index (κ3) is 3.14. The summed E-state index contributed by atoms with van der Waals surface area (Å²) in [7, 11) is 0. The first kappa shape index (κ1) is 19.1. The van der Waals surface area contributed by atoms with Crippen LogP contribution in [-0.4, -0.2) is 33.2 Å². The highest BCUT2D eigenvalue weighted by molar-refractivity contribution is 9.10. The molecule has 4 rings (SSSR count). The molecule has 1 saturated carbocycles. The van der Waals surface area contributed by atoms with Crippen LogP contribution in [0.3, 0.4) is 0 Å². The molecule has 2 N–H and O–H groups in total. The summed E-state index contributed by atoms with van der Waals surface area (Å²) in [6, 6.07) is 6.47. The van der Waals surface area contributed by atoms with Gasteiger partial charge in [-0.15, -0.1) is 0 Å². The Morgan fingerprint density at radius 2 is 2.04 bits per heavy atom.